The molecule has 3 N–H and O–H groups in total. The van der Waals surface area contributed by atoms with E-state index in [1.165, 1.54) is 0 Å². The third-order valence-electron chi connectivity index (χ3n) is 1.65. The summed E-state index contributed by atoms with van der Waals surface area (Å²) < 4.78 is 1.16. The minimum atomic E-state index is -0.349. The molecule has 1 unspecified atom stereocenters. The molecular weight excluding hydrogens is 279 g/mol. The lowest BCUT2D eigenvalue weighted by atomic mass is 10.2. The van der Waals surface area contributed by atoms with Gasteiger partial charge in [-0.05, 0) is 53.8 Å². The molecule has 13 heavy (non-hydrogen) atoms. The summed E-state index contributed by atoms with van der Waals surface area (Å²) >= 11 is 2.22. The van der Waals surface area contributed by atoms with Crippen molar-refractivity contribution in [1.82, 2.24) is 0 Å². The molecule has 0 radical (unpaired) electrons. The van der Waals surface area contributed by atoms with E-state index < -0.39 is 0 Å². The Labute approximate surface area is 90.8 Å². The van der Waals surface area contributed by atoms with Crippen LogP contribution in [-0.2, 0) is 4.79 Å². The van der Waals surface area contributed by atoms with Crippen molar-refractivity contribution in [2.24, 2.45) is 5.73 Å². The molecule has 4 heteroatoms. The SMILES string of the molecule is CC(Nc1ccc(I)cc1)C(N)=O. The van der Waals surface area contributed by atoms with Gasteiger partial charge in [-0.25, -0.2) is 0 Å². The van der Waals surface area contributed by atoms with Crippen molar-refractivity contribution in [2.45, 2.75) is 13.0 Å². The highest BCUT2D eigenvalue weighted by molar-refractivity contribution is 14.1. The lowest BCUT2D eigenvalue weighted by molar-refractivity contribution is -0.118. The molecule has 0 aromatic heterocycles. The Kier molecular flexibility index (Phi) is 3.53. The fourth-order valence-corrected chi connectivity index (χ4v) is 1.23. The Morgan fingerprint density at radius 2 is 2.00 bits per heavy atom. The number of anilines is 1. The van der Waals surface area contributed by atoms with Gasteiger partial charge in [0.2, 0.25) is 5.91 Å². The number of carbonyl (C=O) groups excluding carboxylic acids is 1. The molecule has 1 aromatic rings. The molecule has 70 valence electrons. The first kappa shape index (κ1) is 10.3. The smallest absolute Gasteiger partial charge is 0.239 e. The van der Waals surface area contributed by atoms with Crippen molar-refractivity contribution in [3.8, 4) is 0 Å². The Morgan fingerprint density at radius 1 is 1.46 bits per heavy atom. The normalized spacial score (nSPS) is 12.2. The first-order chi connectivity index (χ1) is 6.09. The summed E-state index contributed by atoms with van der Waals surface area (Å²) in [5.74, 6) is -0.349. The lowest BCUT2D eigenvalue weighted by Gasteiger charge is -2.11. The van der Waals surface area contributed by atoms with Gasteiger partial charge in [-0.2, -0.15) is 0 Å². The molecule has 0 heterocycles. The van der Waals surface area contributed by atoms with E-state index in [9.17, 15) is 4.79 Å². The standard InChI is InChI=1S/C9H11IN2O/c1-6(9(11)13)12-8-4-2-7(10)3-5-8/h2-6,12H,1H3,(H2,11,13). The Balaban J connectivity index is 2.64. The molecule has 0 saturated carbocycles. The van der Waals surface area contributed by atoms with Crippen molar-refractivity contribution in [2.75, 3.05) is 5.32 Å². The van der Waals surface area contributed by atoms with Gasteiger partial charge in [0.1, 0.15) is 6.04 Å². The largest absolute Gasteiger partial charge is 0.374 e. The average molecular weight is 290 g/mol. The Hall–Kier alpha value is -0.780. The fraction of sp³-hybridized carbons (Fsp3) is 0.222. The molecular formula is C9H11IN2O. The zero-order chi connectivity index (χ0) is 9.84. The molecule has 0 saturated heterocycles. The molecule has 1 rings (SSSR count). The van der Waals surface area contributed by atoms with Gasteiger partial charge in [-0.1, -0.05) is 0 Å². The number of rotatable bonds is 3. The summed E-state index contributed by atoms with van der Waals surface area (Å²) in [6.45, 7) is 1.74. The molecule has 0 aliphatic heterocycles. The first-order valence-corrected chi connectivity index (χ1v) is 4.99. The monoisotopic (exact) mass is 290 g/mol. The van der Waals surface area contributed by atoms with E-state index in [-0.39, 0.29) is 11.9 Å². The van der Waals surface area contributed by atoms with Gasteiger partial charge >= 0.3 is 0 Å². The molecule has 1 aromatic carbocycles. The number of nitrogens with one attached hydrogen (secondary N) is 1. The van der Waals surface area contributed by atoms with Gasteiger partial charge in [0.05, 0.1) is 0 Å². The van der Waals surface area contributed by atoms with Gasteiger partial charge in [0, 0.05) is 9.26 Å². The summed E-state index contributed by atoms with van der Waals surface area (Å²) in [7, 11) is 0. The summed E-state index contributed by atoms with van der Waals surface area (Å²) in [6, 6.07) is 7.44. The van der Waals surface area contributed by atoms with Crippen LogP contribution >= 0.6 is 22.6 Å². The average Bonchev–Trinajstić information content (AvgIpc) is 2.08. The van der Waals surface area contributed by atoms with Crippen LogP contribution in [0, 0.1) is 3.57 Å². The molecule has 0 aliphatic rings. The van der Waals surface area contributed by atoms with E-state index >= 15 is 0 Å². The van der Waals surface area contributed by atoms with Crippen LogP contribution in [0.1, 0.15) is 6.92 Å². The zero-order valence-corrected chi connectivity index (χ0v) is 9.41. The maximum Gasteiger partial charge on any atom is 0.239 e. The molecule has 0 bridgehead atoms. The zero-order valence-electron chi connectivity index (χ0n) is 7.25. The van der Waals surface area contributed by atoms with Crippen molar-refractivity contribution < 1.29 is 4.79 Å². The Morgan fingerprint density at radius 3 is 2.46 bits per heavy atom. The summed E-state index contributed by atoms with van der Waals surface area (Å²) in [5.41, 5.74) is 6.02. The third kappa shape index (κ3) is 3.22. The molecule has 1 amide bonds. The van der Waals surface area contributed by atoms with Crippen LogP contribution in [0.25, 0.3) is 0 Å². The number of amides is 1. The van der Waals surface area contributed by atoms with E-state index in [1.54, 1.807) is 6.92 Å². The van der Waals surface area contributed by atoms with Crippen LogP contribution in [0.4, 0.5) is 5.69 Å². The number of carbonyl (C=O) groups is 1. The molecule has 3 nitrogen and oxygen atoms in total. The summed E-state index contributed by atoms with van der Waals surface area (Å²) in [6.07, 6.45) is 0. The van der Waals surface area contributed by atoms with Gasteiger partial charge in [0.25, 0.3) is 0 Å². The third-order valence-corrected chi connectivity index (χ3v) is 2.37. The van der Waals surface area contributed by atoms with Crippen LogP contribution in [0.2, 0.25) is 0 Å². The maximum absolute atomic E-state index is 10.7. The number of hydrogen-bond acceptors (Lipinski definition) is 2. The minimum Gasteiger partial charge on any atom is -0.374 e. The number of nitrogens with two attached hydrogens (primary N) is 1. The predicted octanol–water partition coefficient (Wildman–Crippen LogP) is 1.58. The molecule has 0 spiro atoms. The predicted molar refractivity (Wildman–Crippen MR) is 61.4 cm³/mol. The quantitative estimate of drug-likeness (QED) is 0.830. The van der Waals surface area contributed by atoms with Gasteiger partial charge in [-0.3, -0.25) is 4.79 Å². The fourth-order valence-electron chi connectivity index (χ4n) is 0.867. The first-order valence-electron chi connectivity index (χ1n) is 3.91. The molecule has 0 fully saturated rings. The second-order valence-electron chi connectivity index (χ2n) is 2.78. The highest BCUT2D eigenvalue weighted by atomic mass is 127. The van der Waals surface area contributed by atoms with Crippen LogP contribution in [0.3, 0.4) is 0 Å². The molecule has 0 aliphatic carbocycles. The molecule has 1 atom stereocenters. The van der Waals surface area contributed by atoms with Crippen molar-refractivity contribution >= 4 is 34.2 Å². The number of benzene rings is 1. The van der Waals surface area contributed by atoms with Gasteiger partial charge in [0.15, 0.2) is 0 Å². The second-order valence-corrected chi connectivity index (χ2v) is 4.02. The topological polar surface area (TPSA) is 55.1 Å². The van der Waals surface area contributed by atoms with Gasteiger partial charge in [-0.15, -0.1) is 0 Å². The van der Waals surface area contributed by atoms with E-state index in [2.05, 4.69) is 27.9 Å². The van der Waals surface area contributed by atoms with E-state index in [0.717, 1.165) is 9.26 Å². The number of hydrogen-bond donors (Lipinski definition) is 2. The Bertz CT molecular complexity index is 297. The summed E-state index contributed by atoms with van der Waals surface area (Å²) in [4.78, 5) is 10.7. The van der Waals surface area contributed by atoms with Crippen LogP contribution in [0.15, 0.2) is 24.3 Å². The maximum atomic E-state index is 10.7. The number of halogens is 1. The second kappa shape index (κ2) is 4.45. The van der Waals surface area contributed by atoms with Crippen LogP contribution in [-0.4, -0.2) is 11.9 Å². The highest BCUT2D eigenvalue weighted by Gasteiger charge is 2.06. The van der Waals surface area contributed by atoms with Crippen molar-refractivity contribution in [3.05, 3.63) is 27.8 Å². The van der Waals surface area contributed by atoms with E-state index in [1.807, 2.05) is 24.3 Å². The summed E-state index contributed by atoms with van der Waals surface area (Å²) in [5, 5.41) is 2.99. The lowest BCUT2D eigenvalue weighted by Crippen LogP contribution is -2.32. The van der Waals surface area contributed by atoms with E-state index in [0.29, 0.717) is 0 Å². The number of primary amides is 1. The van der Waals surface area contributed by atoms with Crippen molar-refractivity contribution in [3.63, 3.8) is 0 Å². The van der Waals surface area contributed by atoms with Crippen LogP contribution in [0.5, 0.6) is 0 Å². The highest BCUT2D eigenvalue weighted by Crippen LogP contribution is 2.11. The van der Waals surface area contributed by atoms with E-state index in [4.69, 9.17) is 5.73 Å². The van der Waals surface area contributed by atoms with Crippen LogP contribution < -0.4 is 11.1 Å². The van der Waals surface area contributed by atoms with Gasteiger partial charge < -0.3 is 11.1 Å². The minimum absolute atomic E-state index is 0.333. The van der Waals surface area contributed by atoms with Crippen molar-refractivity contribution in [1.29, 1.82) is 0 Å².